The van der Waals surface area contributed by atoms with E-state index in [-0.39, 0.29) is 16.8 Å². The van der Waals surface area contributed by atoms with Gasteiger partial charge in [0.15, 0.2) is 0 Å². The Labute approximate surface area is 113 Å². The molecule has 1 atom stereocenters. The van der Waals surface area contributed by atoms with E-state index in [4.69, 9.17) is 18.0 Å². The third-order valence-corrected chi connectivity index (χ3v) is 3.72. The maximum absolute atomic E-state index is 12.0. The summed E-state index contributed by atoms with van der Waals surface area (Å²) < 4.78 is 0. The van der Waals surface area contributed by atoms with Gasteiger partial charge in [-0.1, -0.05) is 25.2 Å². The van der Waals surface area contributed by atoms with Crippen LogP contribution in [-0.4, -0.2) is 10.9 Å². The van der Waals surface area contributed by atoms with Gasteiger partial charge < -0.3 is 11.1 Å². The molecule has 1 aliphatic carbocycles. The molecule has 0 aromatic heterocycles. The zero-order valence-corrected chi connectivity index (χ0v) is 11.3. The molecule has 0 spiro atoms. The number of aryl methyl sites for hydroxylation is 2. The van der Waals surface area contributed by atoms with Gasteiger partial charge in [-0.2, -0.15) is 0 Å². The predicted octanol–water partition coefficient (Wildman–Crippen LogP) is 2.43. The number of thiocarbonyl (C=S) groups is 1. The van der Waals surface area contributed by atoms with Crippen molar-refractivity contribution in [2.24, 2.45) is 11.7 Å². The van der Waals surface area contributed by atoms with Crippen molar-refractivity contribution in [1.29, 1.82) is 0 Å². The molecule has 18 heavy (non-hydrogen) atoms. The van der Waals surface area contributed by atoms with Crippen molar-refractivity contribution in [2.75, 3.05) is 5.32 Å². The molecule has 3 N–H and O–H groups in total. The van der Waals surface area contributed by atoms with Crippen molar-refractivity contribution in [1.82, 2.24) is 0 Å². The van der Waals surface area contributed by atoms with E-state index in [0.717, 1.165) is 18.5 Å². The highest BCUT2D eigenvalue weighted by Gasteiger charge is 2.20. The van der Waals surface area contributed by atoms with Crippen LogP contribution < -0.4 is 11.1 Å². The Balaban J connectivity index is 2.09. The van der Waals surface area contributed by atoms with Gasteiger partial charge in [-0.25, -0.2) is 0 Å². The second-order valence-corrected chi connectivity index (χ2v) is 5.16. The molecule has 0 aliphatic heterocycles. The number of benzene rings is 1. The fourth-order valence-corrected chi connectivity index (χ4v) is 2.67. The molecule has 0 radical (unpaired) electrons. The topological polar surface area (TPSA) is 55.1 Å². The van der Waals surface area contributed by atoms with E-state index in [1.807, 2.05) is 13.0 Å². The van der Waals surface area contributed by atoms with E-state index in [9.17, 15) is 4.79 Å². The highest BCUT2D eigenvalue weighted by atomic mass is 32.1. The maximum atomic E-state index is 12.0. The standard InChI is InChI=1S/C14H18N2OS/c1-2-12(13(15)18)14(17)16-11-7-6-9-4-3-5-10(9)8-11/h6-8,12H,2-5H2,1H3,(H2,15,18)(H,16,17). The second kappa shape index (κ2) is 5.48. The van der Waals surface area contributed by atoms with Crippen molar-refractivity contribution in [3.63, 3.8) is 0 Å². The van der Waals surface area contributed by atoms with Gasteiger partial charge in [0.25, 0.3) is 0 Å². The third-order valence-electron chi connectivity index (χ3n) is 3.43. The molecule has 0 saturated carbocycles. The highest BCUT2D eigenvalue weighted by molar-refractivity contribution is 7.80. The summed E-state index contributed by atoms with van der Waals surface area (Å²) in [6.07, 6.45) is 4.09. The lowest BCUT2D eigenvalue weighted by atomic mass is 10.1. The molecular formula is C14H18N2OS. The number of nitrogens with two attached hydrogens (primary N) is 1. The Morgan fingerprint density at radius 3 is 2.83 bits per heavy atom. The van der Waals surface area contributed by atoms with E-state index in [2.05, 4.69) is 17.4 Å². The average molecular weight is 262 g/mol. The van der Waals surface area contributed by atoms with E-state index in [1.54, 1.807) is 0 Å². The fraction of sp³-hybridized carbons (Fsp3) is 0.429. The van der Waals surface area contributed by atoms with Crippen molar-refractivity contribution in [3.05, 3.63) is 29.3 Å². The third kappa shape index (κ3) is 2.70. The van der Waals surface area contributed by atoms with Crippen molar-refractivity contribution < 1.29 is 4.79 Å². The Bertz CT molecular complexity index is 485. The predicted molar refractivity (Wildman–Crippen MR) is 77.7 cm³/mol. The summed E-state index contributed by atoms with van der Waals surface area (Å²) in [5, 5.41) is 2.90. The molecule has 0 bridgehead atoms. The van der Waals surface area contributed by atoms with Crippen molar-refractivity contribution in [3.8, 4) is 0 Å². The van der Waals surface area contributed by atoms with Gasteiger partial charge in [-0.15, -0.1) is 0 Å². The zero-order valence-electron chi connectivity index (χ0n) is 10.5. The minimum atomic E-state index is -0.381. The summed E-state index contributed by atoms with van der Waals surface area (Å²) in [5.41, 5.74) is 9.15. The van der Waals surface area contributed by atoms with Gasteiger partial charge in [0.2, 0.25) is 5.91 Å². The summed E-state index contributed by atoms with van der Waals surface area (Å²) in [4.78, 5) is 12.3. The lowest BCUT2D eigenvalue weighted by molar-refractivity contribution is -0.118. The first kappa shape index (κ1) is 13.0. The van der Waals surface area contributed by atoms with Crippen LogP contribution in [0.3, 0.4) is 0 Å². The molecule has 0 saturated heterocycles. The largest absolute Gasteiger partial charge is 0.393 e. The Morgan fingerprint density at radius 1 is 1.44 bits per heavy atom. The number of fused-ring (bicyclic) bond motifs is 1. The van der Waals surface area contributed by atoms with Gasteiger partial charge in [0.05, 0.1) is 10.9 Å². The molecule has 1 amide bonds. The smallest absolute Gasteiger partial charge is 0.234 e. The van der Waals surface area contributed by atoms with Crippen LogP contribution in [0, 0.1) is 5.92 Å². The molecule has 96 valence electrons. The summed E-state index contributed by atoms with van der Waals surface area (Å²) in [6, 6.07) is 6.11. The Morgan fingerprint density at radius 2 is 2.17 bits per heavy atom. The molecule has 2 rings (SSSR count). The first-order valence-corrected chi connectivity index (χ1v) is 6.74. The highest BCUT2D eigenvalue weighted by Crippen LogP contribution is 2.25. The number of nitrogens with one attached hydrogen (secondary N) is 1. The Hall–Kier alpha value is -1.42. The molecule has 1 aliphatic rings. The summed E-state index contributed by atoms with van der Waals surface area (Å²) >= 11 is 4.90. The second-order valence-electron chi connectivity index (χ2n) is 4.69. The number of anilines is 1. The quantitative estimate of drug-likeness (QED) is 0.819. The van der Waals surface area contributed by atoms with E-state index < -0.39 is 0 Å². The maximum Gasteiger partial charge on any atom is 0.234 e. The first-order chi connectivity index (χ1) is 8.61. The number of amides is 1. The van der Waals surface area contributed by atoms with Gasteiger partial charge in [0, 0.05) is 5.69 Å². The molecular weight excluding hydrogens is 244 g/mol. The summed E-state index contributed by atoms with van der Waals surface area (Å²) in [6.45, 7) is 1.91. The Kier molecular flexibility index (Phi) is 3.97. The van der Waals surface area contributed by atoms with Crippen molar-refractivity contribution in [2.45, 2.75) is 32.6 Å². The van der Waals surface area contributed by atoms with E-state index >= 15 is 0 Å². The number of rotatable bonds is 4. The van der Waals surface area contributed by atoms with Gasteiger partial charge >= 0.3 is 0 Å². The van der Waals surface area contributed by atoms with Crippen LogP contribution in [0.15, 0.2) is 18.2 Å². The molecule has 1 unspecified atom stereocenters. The van der Waals surface area contributed by atoms with Crippen LogP contribution in [-0.2, 0) is 17.6 Å². The molecule has 0 heterocycles. The van der Waals surface area contributed by atoms with Crippen molar-refractivity contribution >= 4 is 28.8 Å². The van der Waals surface area contributed by atoms with Crippen LogP contribution in [0.4, 0.5) is 5.69 Å². The van der Waals surface area contributed by atoms with E-state index in [0.29, 0.717) is 6.42 Å². The lowest BCUT2D eigenvalue weighted by Gasteiger charge is -2.14. The normalized spacial score (nSPS) is 14.9. The van der Waals surface area contributed by atoms with Crippen LogP contribution >= 0.6 is 12.2 Å². The monoisotopic (exact) mass is 262 g/mol. The lowest BCUT2D eigenvalue weighted by Crippen LogP contribution is -2.32. The van der Waals surface area contributed by atoms with E-state index in [1.165, 1.54) is 17.5 Å². The van der Waals surface area contributed by atoms with Gasteiger partial charge in [-0.05, 0) is 48.9 Å². The first-order valence-electron chi connectivity index (χ1n) is 6.33. The zero-order chi connectivity index (χ0) is 13.1. The SMILES string of the molecule is CCC(C(=O)Nc1ccc2c(c1)CCC2)C(N)=S. The minimum Gasteiger partial charge on any atom is -0.393 e. The van der Waals surface area contributed by atoms with Crippen LogP contribution in [0.2, 0.25) is 0 Å². The summed E-state index contributed by atoms with van der Waals surface area (Å²) in [5.74, 6) is -0.490. The fourth-order valence-electron chi connectivity index (χ4n) is 2.39. The average Bonchev–Trinajstić information content (AvgIpc) is 2.76. The molecule has 0 fully saturated rings. The van der Waals surface area contributed by atoms with Gasteiger partial charge in [-0.3, -0.25) is 4.79 Å². The number of hydrogen-bond acceptors (Lipinski definition) is 2. The molecule has 1 aromatic rings. The number of hydrogen-bond donors (Lipinski definition) is 2. The molecule has 1 aromatic carbocycles. The summed E-state index contributed by atoms with van der Waals surface area (Å²) in [7, 11) is 0. The number of carbonyl (C=O) groups is 1. The van der Waals surface area contributed by atoms with Crippen LogP contribution in [0.25, 0.3) is 0 Å². The molecule has 4 heteroatoms. The van der Waals surface area contributed by atoms with Crippen LogP contribution in [0.1, 0.15) is 30.9 Å². The van der Waals surface area contributed by atoms with Crippen LogP contribution in [0.5, 0.6) is 0 Å². The minimum absolute atomic E-state index is 0.108. The molecule has 3 nitrogen and oxygen atoms in total. The van der Waals surface area contributed by atoms with Gasteiger partial charge in [0.1, 0.15) is 0 Å². The number of carbonyl (C=O) groups excluding carboxylic acids is 1.